The molecule has 0 aliphatic rings. The summed E-state index contributed by atoms with van der Waals surface area (Å²) in [4.78, 5) is 0. The van der Waals surface area contributed by atoms with E-state index in [0.29, 0.717) is 0 Å². The molecule has 0 spiro atoms. The average Bonchev–Trinajstić information content (AvgIpc) is 1.50. The zero-order valence-corrected chi connectivity index (χ0v) is 9.92. The summed E-state index contributed by atoms with van der Waals surface area (Å²) in [6.07, 6.45) is 0. The molecule has 28 valence electrons. The Kier molecular flexibility index (Phi) is 142. The van der Waals surface area contributed by atoms with Crippen molar-refractivity contribution in [2.45, 2.75) is 11.6 Å². The summed E-state index contributed by atoms with van der Waals surface area (Å²) in [5, 5.41) is 0. The molecule has 0 aliphatic heterocycles. The van der Waals surface area contributed by atoms with E-state index in [0.717, 1.165) is 0 Å². The van der Waals surface area contributed by atoms with Crippen molar-refractivity contribution in [2.75, 3.05) is 0 Å². The van der Waals surface area contributed by atoms with Crippen LogP contribution < -0.4 is 0 Å². The fourth-order valence-electron chi connectivity index (χ4n) is 0. The fourth-order valence-corrected chi connectivity index (χ4v) is 0. The van der Waals surface area contributed by atoms with E-state index in [1.165, 1.54) is 0 Å². The second-order valence-electron chi connectivity index (χ2n) is 0. The van der Waals surface area contributed by atoms with E-state index in [1.807, 2.05) is 11.6 Å². The van der Waals surface area contributed by atoms with Gasteiger partial charge in [0.05, 0.1) is 0 Å². The van der Waals surface area contributed by atoms with E-state index >= 15 is 0 Å². The third kappa shape index (κ3) is 27.5. The molecule has 0 rings (SSSR count). The van der Waals surface area contributed by atoms with Gasteiger partial charge in [-0.05, 0) is 0 Å². The average molecular weight is 253 g/mol. The Morgan fingerprint density at radius 3 is 0.800 bits per heavy atom. The Hall–Kier alpha value is 1.66. The summed E-state index contributed by atoms with van der Waals surface area (Å²) in [5.74, 6) is 3.75. The molecular weight excluding hydrogens is 247 g/mol. The van der Waals surface area contributed by atoms with E-state index in [9.17, 15) is 0 Å². The molecule has 0 nitrogen and oxygen atoms in total. The van der Waals surface area contributed by atoms with Crippen molar-refractivity contribution in [2.24, 2.45) is 0 Å². The van der Waals surface area contributed by atoms with Crippen LogP contribution in [-0.4, -0.2) is 32.0 Å². The summed E-state index contributed by atoms with van der Waals surface area (Å²) in [6.45, 7) is 0. The Morgan fingerprint density at radius 2 is 0.800 bits per heavy atom. The molecule has 0 aromatic carbocycles. The van der Waals surface area contributed by atoms with Crippen LogP contribution in [0.1, 0.15) is 0 Å². The van der Waals surface area contributed by atoms with Gasteiger partial charge >= 0.3 is 43.7 Å². The third-order valence-electron chi connectivity index (χ3n) is 0. The fraction of sp³-hybridized carbons (Fsp3) is 1.00. The van der Waals surface area contributed by atoms with E-state index < -0.39 is 0 Å². The molecule has 0 saturated carbocycles. The third-order valence-corrected chi connectivity index (χ3v) is 0. The maximum atomic E-state index is 2.62. The van der Waals surface area contributed by atoms with Crippen LogP contribution in [0.3, 0.4) is 0 Å². The van der Waals surface area contributed by atoms with E-state index in [1.54, 1.807) is 0 Å². The SMILES string of the molecule is C[Se].C[Se].[Zn]. The van der Waals surface area contributed by atoms with Crippen LogP contribution >= 0.6 is 0 Å². The molecule has 0 bridgehead atoms. The van der Waals surface area contributed by atoms with Crippen LogP contribution in [-0.2, 0) is 19.5 Å². The Balaban J connectivity index is -0.0000000133. The molecule has 0 aliphatic carbocycles. The first-order valence-corrected chi connectivity index (χ1v) is 4.24. The predicted octanol–water partition coefficient (Wildman–Crippen LogP) is 0.403. The van der Waals surface area contributed by atoms with E-state index in [4.69, 9.17) is 0 Å². The van der Waals surface area contributed by atoms with Gasteiger partial charge in [0.2, 0.25) is 0 Å². The minimum absolute atomic E-state index is 0. The Bertz CT molecular complexity index is 7.61. The molecule has 0 aromatic heterocycles. The number of hydrogen-bond donors (Lipinski definition) is 0. The first-order valence-electron chi connectivity index (χ1n) is 0.816. The molecule has 0 aromatic rings. The summed E-state index contributed by atoms with van der Waals surface area (Å²) < 4.78 is 0. The quantitative estimate of drug-likeness (QED) is 0.548. The second-order valence-corrected chi connectivity index (χ2v) is 0. The number of hydrogen-bond acceptors (Lipinski definition) is 0. The van der Waals surface area contributed by atoms with Gasteiger partial charge in [0.15, 0.2) is 0 Å². The zero-order chi connectivity index (χ0) is 4.00. The largest absolute Gasteiger partial charge is 0 e. The Labute approximate surface area is 62.9 Å². The van der Waals surface area contributed by atoms with Gasteiger partial charge in [0.25, 0.3) is 0 Å². The van der Waals surface area contributed by atoms with Crippen LogP contribution in [0.2, 0.25) is 11.6 Å². The van der Waals surface area contributed by atoms with Crippen molar-refractivity contribution in [3.8, 4) is 0 Å². The standard InChI is InChI=1S/2CH3Se.Zn/c2*1-2;/h2*1H3;. The van der Waals surface area contributed by atoms with Gasteiger partial charge in [0.1, 0.15) is 0 Å². The van der Waals surface area contributed by atoms with Crippen molar-refractivity contribution < 1.29 is 19.5 Å². The summed E-state index contributed by atoms with van der Waals surface area (Å²) in [5.41, 5.74) is 0. The van der Waals surface area contributed by atoms with Crippen LogP contribution in [0.5, 0.6) is 0 Å². The van der Waals surface area contributed by atoms with E-state index in [-0.39, 0.29) is 19.5 Å². The van der Waals surface area contributed by atoms with Crippen molar-refractivity contribution >= 4 is 32.0 Å². The summed E-state index contributed by atoms with van der Waals surface area (Å²) in [7, 11) is 0. The van der Waals surface area contributed by atoms with Crippen LogP contribution in [0, 0.1) is 0 Å². The molecule has 0 N–H and O–H groups in total. The molecule has 5 heavy (non-hydrogen) atoms. The van der Waals surface area contributed by atoms with Gasteiger partial charge in [-0.3, -0.25) is 0 Å². The van der Waals surface area contributed by atoms with Gasteiger partial charge in [-0.2, -0.15) is 0 Å². The number of rotatable bonds is 0. The normalized spacial score (nSPS) is 2.40. The monoisotopic (exact) mass is 254 g/mol. The molecule has 0 fully saturated rings. The molecule has 0 saturated heterocycles. The first-order chi connectivity index (χ1) is 2.00. The topological polar surface area (TPSA) is 0 Å². The van der Waals surface area contributed by atoms with Gasteiger partial charge in [0, 0.05) is 19.5 Å². The maximum absolute atomic E-state index is 2.62. The van der Waals surface area contributed by atoms with Gasteiger partial charge < -0.3 is 0 Å². The smallest absolute Gasteiger partial charge is 0 e. The summed E-state index contributed by atoms with van der Waals surface area (Å²) in [6, 6.07) is 0. The second kappa shape index (κ2) is 44.5. The van der Waals surface area contributed by atoms with Gasteiger partial charge in [-0.1, -0.05) is 0 Å². The predicted molar refractivity (Wildman–Crippen MR) is 23.2 cm³/mol. The molecule has 0 atom stereocenters. The summed E-state index contributed by atoms with van der Waals surface area (Å²) >= 11 is 5.25. The maximum Gasteiger partial charge on any atom is 0 e. The van der Waals surface area contributed by atoms with Gasteiger partial charge in [-0.25, -0.2) is 0 Å². The minimum Gasteiger partial charge on any atom is 0 e. The Morgan fingerprint density at radius 1 is 0.800 bits per heavy atom. The van der Waals surface area contributed by atoms with Crippen molar-refractivity contribution in [3.05, 3.63) is 0 Å². The minimum atomic E-state index is 0. The first kappa shape index (κ1) is 15.9. The zero-order valence-electron chi connectivity index (χ0n) is 3.52. The van der Waals surface area contributed by atoms with Crippen molar-refractivity contribution in [3.63, 3.8) is 0 Å². The molecule has 2 radical (unpaired) electrons. The molecular formula is C2H6Se2Zn. The van der Waals surface area contributed by atoms with Crippen LogP contribution in [0.4, 0.5) is 0 Å². The van der Waals surface area contributed by atoms with Crippen molar-refractivity contribution in [1.29, 1.82) is 0 Å². The van der Waals surface area contributed by atoms with Crippen molar-refractivity contribution in [1.82, 2.24) is 0 Å². The molecule has 0 unspecified atom stereocenters. The molecule has 3 heteroatoms. The molecule has 0 amide bonds. The van der Waals surface area contributed by atoms with E-state index in [2.05, 4.69) is 32.0 Å². The van der Waals surface area contributed by atoms with Crippen LogP contribution in [0.25, 0.3) is 0 Å². The van der Waals surface area contributed by atoms with Gasteiger partial charge in [-0.15, -0.1) is 0 Å². The van der Waals surface area contributed by atoms with Crippen LogP contribution in [0.15, 0.2) is 0 Å². The molecule has 0 heterocycles.